The van der Waals surface area contributed by atoms with Gasteiger partial charge in [-0.2, -0.15) is 0 Å². The molecule has 0 bridgehead atoms. The van der Waals surface area contributed by atoms with Crippen molar-refractivity contribution in [3.05, 3.63) is 54.1 Å². The molecule has 0 saturated heterocycles. The number of hydrogen-bond donors (Lipinski definition) is 2. The highest BCUT2D eigenvalue weighted by atomic mass is 32.1. The summed E-state index contributed by atoms with van der Waals surface area (Å²) < 4.78 is 16.2. The molecule has 2 aromatic carbocycles. The zero-order valence-corrected chi connectivity index (χ0v) is 17.9. The Balaban J connectivity index is 1.89. The summed E-state index contributed by atoms with van der Waals surface area (Å²) in [6.45, 7) is 5.83. The number of rotatable bonds is 10. The van der Waals surface area contributed by atoms with Gasteiger partial charge >= 0.3 is 0 Å². The summed E-state index contributed by atoms with van der Waals surface area (Å²) in [5, 5.41) is 5.90. The maximum Gasteiger partial charge on any atom is 0.261 e. The van der Waals surface area contributed by atoms with Crippen LogP contribution in [0, 0.1) is 5.92 Å². The maximum absolute atomic E-state index is 12.6. The standard InChI is InChI=1S/C22H28N2O4S/c1-16(2)12-13-28-20-7-5-4-6-19(20)21(25)24-22(29)23-17-8-10-18(11-9-17)27-15-14-26-3/h4-11,16H,12-15H2,1-3H3,(H2,23,24,25,29). The molecule has 0 saturated carbocycles. The third-order valence-corrected chi connectivity index (χ3v) is 4.18. The van der Waals surface area contributed by atoms with E-state index in [-0.39, 0.29) is 11.0 Å². The van der Waals surface area contributed by atoms with Gasteiger partial charge < -0.3 is 19.5 Å². The highest BCUT2D eigenvalue weighted by molar-refractivity contribution is 7.80. The summed E-state index contributed by atoms with van der Waals surface area (Å²) in [5.41, 5.74) is 1.19. The average molecular weight is 417 g/mol. The Morgan fingerprint density at radius 1 is 1.00 bits per heavy atom. The fourth-order valence-corrected chi connectivity index (χ4v) is 2.61. The monoisotopic (exact) mass is 416 g/mol. The predicted molar refractivity (Wildman–Crippen MR) is 119 cm³/mol. The minimum Gasteiger partial charge on any atom is -0.493 e. The molecule has 2 N–H and O–H groups in total. The molecule has 0 atom stereocenters. The SMILES string of the molecule is COCCOc1ccc(NC(=S)NC(=O)c2ccccc2OCCC(C)C)cc1. The van der Waals surface area contributed by atoms with Crippen LogP contribution in [0.25, 0.3) is 0 Å². The Morgan fingerprint density at radius 3 is 2.41 bits per heavy atom. The smallest absolute Gasteiger partial charge is 0.261 e. The number of ether oxygens (including phenoxy) is 3. The second kappa shape index (κ2) is 12.0. The Morgan fingerprint density at radius 2 is 1.72 bits per heavy atom. The Kier molecular flexibility index (Phi) is 9.40. The van der Waals surface area contributed by atoms with E-state index in [1.54, 1.807) is 25.3 Å². The number of para-hydroxylation sites is 1. The first-order chi connectivity index (χ1) is 14.0. The molecular weight excluding hydrogens is 388 g/mol. The molecule has 6 nitrogen and oxygen atoms in total. The van der Waals surface area contributed by atoms with Crippen LogP contribution in [0.5, 0.6) is 11.5 Å². The van der Waals surface area contributed by atoms with E-state index in [0.29, 0.717) is 37.1 Å². The molecule has 29 heavy (non-hydrogen) atoms. The summed E-state index contributed by atoms with van der Waals surface area (Å²) in [6.07, 6.45) is 0.918. The van der Waals surface area contributed by atoms with E-state index in [4.69, 9.17) is 26.4 Å². The van der Waals surface area contributed by atoms with E-state index in [0.717, 1.165) is 17.9 Å². The van der Waals surface area contributed by atoms with Crippen molar-refractivity contribution in [3.63, 3.8) is 0 Å². The Labute approximate surface area is 177 Å². The molecule has 0 radical (unpaired) electrons. The molecule has 2 aromatic rings. The summed E-state index contributed by atoms with van der Waals surface area (Å²) in [5.74, 6) is 1.49. The maximum atomic E-state index is 12.6. The first-order valence-electron chi connectivity index (χ1n) is 9.55. The molecular formula is C22H28N2O4S. The van der Waals surface area contributed by atoms with Gasteiger partial charge in [0.25, 0.3) is 5.91 Å². The van der Waals surface area contributed by atoms with Gasteiger partial charge in [-0.25, -0.2) is 0 Å². The number of carbonyl (C=O) groups is 1. The molecule has 0 aliphatic rings. The third-order valence-electron chi connectivity index (χ3n) is 3.98. The Hall–Kier alpha value is -2.64. The number of amides is 1. The van der Waals surface area contributed by atoms with Gasteiger partial charge in [-0.15, -0.1) is 0 Å². The van der Waals surface area contributed by atoms with Gasteiger partial charge in [0.2, 0.25) is 0 Å². The van der Waals surface area contributed by atoms with Crippen molar-refractivity contribution in [3.8, 4) is 11.5 Å². The largest absolute Gasteiger partial charge is 0.493 e. The molecule has 0 fully saturated rings. The third kappa shape index (κ3) is 8.09. The Bertz CT molecular complexity index is 794. The first kappa shape index (κ1) is 22.6. The highest BCUT2D eigenvalue weighted by Gasteiger charge is 2.14. The number of benzene rings is 2. The summed E-state index contributed by atoms with van der Waals surface area (Å²) >= 11 is 5.26. The van der Waals surface area contributed by atoms with Crippen molar-refractivity contribution in [2.45, 2.75) is 20.3 Å². The van der Waals surface area contributed by atoms with E-state index in [2.05, 4.69) is 24.5 Å². The van der Waals surface area contributed by atoms with Crippen LogP contribution in [-0.2, 0) is 4.74 Å². The molecule has 0 heterocycles. The molecule has 0 unspecified atom stereocenters. The van der Waals surface area contributed by atoms with Gasteiger partial charge in [-0.1, -0.05) is 26.0 Å². The lowest BCUT2D eigenvalue weighted by Crippen LogP contribution is -2.34. The average Bonchev–Trinajstić information content (AvgIpc) is 2.69. The summed E-state index contributed by atoms with van der Waals surface area (Å²) in [4.78, 5) is 12.6. The van der Waals surface area contributed by atoms with Crippen LogP contribution in [-0.4, -0.2) is 38.0 Å². The van der Waals surface area contributed by atoms with Gasteiger partial charge in [0.1, 0.15) is 18.1 Å². The van der Waals surface area contributed by atoms with Crippen LogP contribution in [0.3, 0.4) is 0 Å². The molecule has 0 aliphatic heterocycles. The van der Waals surface area contributed by atoms with Gasteiger partial charge in [0.05, 0.1) is 18.8 Å². The molecule has 0 aromatic heterocycles. The number of nitrogens with one attached hydrogen (secondary N) is 2. The number of hydrogen-bond acceptors (Lipinski definition) is 5. The number of methoxy groups -OCH3 is 1. The fourth-order valence-electron chi connectivity index (χ4n) is 2.39. The summed E-state index contributed by atoms with van der Waals surface area (Å²) in [7, 11) is 1.63. The van der Waals surface area contributed by atoms with Crippen molar-refractivity contribution in [1.82, 2.24) is 5.32 Å². The lowest BCUT2D eigenvalue weighted by Gasteiger charge is -2.14. The quantitative estimate of drug-likeness (QED) is 0.445. The number of carbonyl (C=O) groups excluding carboxylic acids is 1. The van der Waals surface area contributed by atoms with E-state index < -0.39 is 0 Å². The zero-order valence-electron chi connectivity index (χ0n) is 17.1. The first-order valence-corrected chi connectivity index (χ1v) is 9.96. The van der Waals surface area contributed by atoms with Crippen molar-refractivity contribution in [2.75, 3.05) is 32.2 Å². The minimum atomic E-state index is -0.317. The molecule has 7 heteroatoms. The van der Waals surface area contributed by atoms with Crippen LogP contribution in [0.1, 0.15) is 30.6 Å². The molecule has 2 rings (SSSR count). The zero-order chi connectivity index (χ0) is 21.1. The van der Waals surface area contributed by atoms with Gasteiger partial charge in [-0.3, -0.25) is 10.1 Å². The number of anilines is 1. The van der Waals surface area contributed by atoms with Crippen LogP contribution in [0.2, 0.25) is 0 Å². The van der Waals surface area contributed by atoms with E-state index in [1.165, 1.54) is 0 Å². The van der Waals surface area contributed by atoms with Crippen molar-refractivity contribution in [2.24, 2.45) is 5.92 Å². The van der Waals surface area contributed by atoms with Crippen molar-refractivity contribution < 1.29 is 19.0 Å². The molecule has 0 aliphatic carbocycles. The van der Waals surface area contributed by atoms with Crippen LogP contribution in [0.15, 0.2) is 48.5 Å². The van der Waals surface area contributed by atoms with Crippen molar-refractivity contribution >= 4 is 28.9 Å². The van der Waals surface area contributed by atoms with Crippen LogP contribution >= 0.6 is 12.2 Å². The van der Waals surface area contributed by atoms with Crippen LogP contribution < -0.4 is 20.1 Å². The predicted octanol–water partition coefficient (Wildman–Crippen LogP) is 4.26. The van der Waals surface area contributed by atoms with Crippen molar-refractivity contribution in [1.29, 1.82) is 0 Å². The van der Waals surface area contributed by atoms with Gasteiger partial charge in [0, 0.05) is 12.8 Å². The molecule has 156 valence electrons. The second-order valence-electron chi connectivity index (χ2n) is 6.80. The lowest BCUT2D eigenvalue weighted by atomic mass is 10.1. The van der Waals surface area contributed by atoms with Gasteiger partial charge in [-0.05, 0) is 61.0 Å². The molecule has 1 amide bonds. The number of thiocarbonyl (C=S) groups is 1. The minimum absolute atomic E-state index is 0.208. The van der Waals surface area contributed by atoms with Crippen LogP contribution in [0.4, 0.5) is 5.69 Å². The highest BCUT2D eigenvalue weighted by Crippen LogP contribution is 2.19. The lowest BCUT2D eigenvalue weighted by molar-refractivity contribution is 0.0973. The summed E-state index contributed by atoms with van der Waals surface area (Å²) in [6, 6.07) is 14.4. The van der Waals surface area contributed by atoms with E-state index in [9.17, 15) is 4.79 Å². The second-order valence-corrected chi connectivity index (χ2v) is 7.21. The normalized spacial score (nSPS) is 10.5. The fraction of sp³-hybridized carbons (Fsp3) is 0.364. The molecule has 0 spiro atoms. The van der Waals surface area contributed by atoms with E-state index in [1.807, 2.05) is 30.3 Å². The topological polar surface area (TPSA) is 68.8 Å². The van der Waals surface area contributed by atoms with Gasteiger partial charge in [0.15, 0.2) is 5.11 Å². The van der Waals surface area contributed by atoms with E-state index >= 15 is 0 Å².